The molecular weight excluding hydrogens is 408 g/mol. The molecule has 0 amide bonds. The van der Waals surface area contributed by atoms with Crippen LogP contribution in [0.2, 0.25) is 0 Å². The minimum absolute atomic E-state index is 0.168. The summed E-state index contributed by atoms with van der Waals surface area (Å²) in [6, 6.07) is 9.47. The highest BCUT2D eigenvalue weighted by atomic mass is 79.9. The van der Waals surface area contributed by atoms with Gasteiger partial charge in [-0.2, -0.15) is 0 Å². The maximum absolute atomic E-state index is 11.8. The summed E-state index contributed by atoms with van der Waals surface area (Å²) in [5.41, 5.74) is 3.90. The zero-order chi connectivity index (χ0) is 19.1. The number of benzene rings is 2. The first kappa shape index (κ1) is 18.2. The number of rotatable bonds is 4. The van der Waals surface area contributed by atoms with Gasteiger partial charge in [0.15, 0.2) is 5.58 Å². The Balaban J connectivity index is 1.78. The van der Waals surface area contributed by atoms with E-state index in [4.69, 9.17) is 4.42 Å². The first-order chi connectivity index (χ1) is 12.9. The Morgan fingerprint density at radius 2 is 2.22 bits per heavy atom. The Kier molecular flexibility index (Phi) is 4.78. The van der Waals surface area contributed by atoms with E-state index in [-0.39, 0.29) is 5.56 Å². The van der Waals surface area contributed by atoms with Crippen LogP contribution < -0.4 is 0 Å². The molecule has 1 atom stereocenters. The molecule has 0 spiro atoms. The molecule has 27 heavy (non-hydrogen) atoms. The average Bonchev–Trinajstić information content (AvgIpc) is 3.22. The second kappa shape index (κ2) is 7.09. The van der Waals surface area contributed by atoms with Crippen LogP contribution in [0.5, 0.6) is 0 Å². The summed E-state index contributed by atoms with van der Waals surface area (Å²) in [5.74, 6) is 0.134. The topological polar surface area (TPSA) is 66.6 Å². The lowest BCUT2D eigenvalue weighted by Gasteiger charge is -2.15. The van der Waals surface area contributed by atoms with Gasteiger partial charge in [0.2, 0.25) is 5.89 Å². The van der Waals surface area contributed by atoms with E-state index in [1.807, 2.05) is 31.2 Å². The van der Waals surface area contributed by atoms with Gasteiger partial charge in [0.25, 0.3) is 0 Å². The summed E-state index contributed by atoms with van der Waals surface area (Å²) in [7, 11) is 0. The van der Waals surface area contributed by atoms with E-state index in [1.54, 1.807) is 6.07 Å². The van der Waals surface area contributed by atoms with Crippen molar-refractivity contribution in [2.75, 3.05) is 13.1 Å². The third-order valence-electron chi connectivity index (χ3n) is 5.19. The van der Waals surface area contributed by atoms with Crippen LogP contribution in [-0.2, 0) is 6.54 Å². The summed E-state index contributed by atoms with van der Waals surface area (Å²) < 4.78 is 6.86. The molecule has 0 saturated carbocycles. The summed E-state index contributed by atoms with van der Waals surface area (Å²) in [5, 5.41) is 9.68. The van der Waals surface area contributed by atoms with E-state index in [2.05, 4.69) is 32.7 Å². The van der Waals surface area contributed by atoms with Crippen molar-refractivity contribution < 1.29 is 14.3 Å². The van der Waals surface area contributed by atoms with Crippen molar-refractivity contribution >= 4 is 33.0 Å². The molecule has 0 unspecified atom stereocenters. The average molecular weight is 429 g/mol. The maximum Gasteiger partial charge on any atom is 0.339 e. The maximum atomic E-state index is 11.8. The van der Waals surface area contributed by atoms with E-state index in [9.17, 15) is 9.90 Å². The number of nitrogens with zero attached hydrogens (tertiary/aromatic N) is 2. The number of oxazole rings is 1. The summed E-state index contributed by atoms with van der Waals surface area (Å²) >= 11 is 3.52. The first-order valence-electron chi connectivity index (χ1n) is 9.07. The SMILES string of the molecule is Cc1c(Br)cccc1-c1nc2cc(CN3CC[C@@H](C)C3)cc(C(=O)O)c2o1. The molecule has 0 radical (unpaired) electrons. The molecule has 140 valence electrons. The number of carboxylic acids is 1. The van der Waals surface area contributed by atoms with Crippen molar-refractivity contribution in [3.63, 3.8) is 0 Å². The number of carboxylic acid groups (broad SMARTS) is 1. The van der Waals surface area contributed by atoms with Crippen LogP contribution in [0.15, 0.2) is 39.2 Å². The Bertz CT molecular complexity index is 1030. The Morgan fingerprint density at radius 3 is 2.93 bits per heavy atom. The molecule has 0 bridgehead atoms. The highest BCUT2D eigenvalue weighted by Gasteiger charge is 2.22. The van der Waals surface area contributed by atoms with Gasteiger partial charge in [-0.1, -0.05) is 28.9 Å². The van der Waals surface area contributed by atoms with E-state index in [0.717, 1.165) is 40.8 Å². The second-order valence-electron chi connectivity index (χ2n) is 7.36. The molecule has 2 heterocycles. The number of fused-ring (bicyclic) bond motifs is 1. The number of likely N-dealkylation sites (tertiary alicyclic amines) is 1. The highest BCUT2D eigenvalue weighted by molar-refractivity contribution is 9.10. The lowest BCUT2D eigenvalue weighted by atomic mass is 10.1. The van der Waals surface area contributed by atoms with Gasteiger partial charge in [0.1, 0.15) is 11.1 Å². The molecular formula is C21H21BrN2O3. The zero-order valence-corrected chi connectivity index (χ0v) is 16.9. The normalized spacial score (nSPS) is 17.7. The van der Waals surface area contributed by atoms with Crippen LogP contribution in [0.25, 0.3) is 22.6 Å². The fraction of sp³-hybridized carbons (Fsp3) is 0.333. The van der Waals surface area contributed by atoms with Gasteiger partial charge in [-0.15, -0.1) is 0 Å². The summed E-state index contributed by atoms with van der Waals surface area (Å²) in [6.45, 7) is 7.05. The van der Waals surface area contributed by atoms with Crippen molar-refractivity contribution in [2.45, 2.75) is 26.8 Å². The van der Waals surface area contributed by atoms with E-state index >= 15 is 0 Å². The smallest absolute Gasteiger partial charge is 0.339 e. The molecule has 5 nitrogen and oxygen atoms in total. The molecule has 1 aliphatic rings. The van der Waals surface area contributed by atoms with E-state index < -0.39 is 5.97 Å². The Labute approximate surface area is 166 Å². The lowest BCUT2D eigenvalue weighted by molar-refractivity contribution is 0.0697. The Morgan fingerprint density at radius 1 is 1.41 bits per heavy atom. The lowest BCUT2D eigenvalue weighted by Crippen LogP contribution is -2.19. The standard InChI is InChI=1S/C21H21BrN2O3/c1-12-6-7-24(10-12)11-14-8-16(21(25)26)19-18(9-14)23-20(27-19)15-4-3-5-17(22)13(15)2/h3-5,8-9,12H,6-7,10-11H2,1-2H3,(H,25,26)/t12-/m1/s1. The predicted octanol–water partition coefficient (Wildman–Crippen LogP) is 5.11. The van der Waals surface area contributed by atoms with Gasteiger partial charge in [-0.25, -0.2) is 9.78 Å². The van der Waals surface area contributed by atoms with Crippen LogP contribution in [-0.4, -0.2) is 34.0 Å². The molecule has 1 N–H and O–H groups in total. The number of hydrogen-bond acceptors (Lipinski definition) is 4. The van der Waals surface area contributed by atoms with Crippen molar-refractivity contribution in [3.05, 3.63) is 51.5 Å². The van der Waals surface area contributed by atoms with E-state index in [0.29, 0.717) is 22.9 Å². The minimum atomic E-state index is -0.995. The second-order valence-corrected chi connectivity index (χ2v) is 8.21. The van der Waals surface area contributed by atoms with Crippen molar-refractivity contribution in [2.24, 2.45) is 5.92 Å². The molecule has 1 saturated heterocycles. The van der Waals surface area contributed by atoms with Gasteiger partial charge >= 0.3 is 5.97 Å². The van der Waals surface area contributed by atoms with E-state index in [1.165, 1.54) is 6.42 Å². The first-order valence-corrected chi connectivity index (χ1v) is 9.86. The van der Waals surface area contributed by atoms with Crippen molar-refractivity contribution in [1.29, 1.82) is 0 Å². The van der Waals surface area contributed by atoms with Crippen LogP contribution in [0.4, 0.5) is 0 Å². The molecule has 3 aromatic rings. The largest absolute Gasteiger partial charge is 0.478 e. The number of halogens is 1. The van der Waals surface area contributed by atoms with Crippen LogP contribution in [0, 0.1) is 12.8 Å². The quantitative estimate of drug-likeness (QED) is 0.625. The van der Waals surface area contributed by atoms with Crippen molar-refractivity contribution in [3.8, 4) is 11.5 Å². The predicted molar refractivity (Wildman–Crippen MR) is 108 cm³/mol. The number of aromatic carboxylic acids is 1. The van der Waals surface area contributed by atoms with Gasteiger partial charge in [0.05, 0.1) is 0 Å². The van der Waals surface area contributed by atoms with Crippen LogP contribution in [0.1, 0.15) is 34.8 Å². The fourth-order valence-electron chi connectivity index (χ4n) is 3.72. The highest BCUT2D eigenvalue weighted by Crippen LogP contribution is 2.32. The third-order valence-corrected chi connectivity index (χ3v) is 6.05. The number of carbonyl (C=O) groups is 1. The monoisotopic (exact) mass is 428 g/mol. The van der Waals surface area contributed by atoms with Gasteiger partial charge in [-0.3, -0.25) is 4.90 Å². The molecule has 0 aliphatic carbocycles. The molecule has 2 aromatic carbocycles. The van der Waals surface area contributed by atoms with Crippen molar-refractivity contribution in [1.82, 2.24) is 9.88 Å². The van der Waals surface area contributed by atoms with Crippen LogP contribution >= 0.6 is 15.9 Å². The Hall–Kier alpha value is -2.18. The molecule has 4 rings (SSSR count). The summed E-state index contributed by atoms with van der Waals surface area (Å²) in [4.78, 5) is 18.8. The van der Waals surface area contributed by atoms with Gasteiger partial charge in [0, 0.05) is 23.1 Å². The molecule has 1 aromatic heterocycles. The fourth-order valence-corrected chi connectivity index (χ4v) is 4.09. The van der Waals surface area contributed by atoms with Gasteiger partial charge in [-0.05, 0) is 61.2 Å². The molecule has 1 aliphatic heterocycles. The third kappa shape index (κ3) is 3.51. The zero-order valence-electron chi connectivity index (χ0n) is 15.3. The number of aromatic nitrogens is 1. The molecule has 6 heteroatoms. The van der Waals surface area contributed by atoms with Gasteiger partial charge < -0.3 is 9.52 Å². The number of hydrogen-bond donors (Lipinski definition) is 1. The minimum Gasteiger partial charge on any atom is -0.478 e. The molecule has 1 fully saturated rings. The summed E-state index contributed by atoms with van der Waals surface area (Å²) in [6.07, 6.45) is 1.18. The van der Waals surface area contributed by atoms with Crippen LogP contribution in [0.3, 0.4) is 0 Å².